The maximum Gasteiger partial charge on any atom is 0.150 e. The first-order chi connectivity index (χ1) is 8.29. The lowest BCUT2D eigenvalue weighted by molar-refractivity contribution is 0.112. The average Bonchev–Trinajstić information content (AvgIpc) is 2.94. The first kappa shape index (κ1) is 10.3. The van der Waals surface area contributed by atoms with Crippen LogP contribution in [0.4, 0.5) is 0 Å². The van der Waals surface area contributed by atoms with Crippen LogP contribution in [0, 0.1) is 6.92 Å². The van der Waals surface area contributed by atoms with E-state index in [1.54, 1.807) is 0 Å². The first-order valence-corrected chi connectivity index (χ1v) is 5.92. The van der Waals surface area contributed by atoms with E-state index in [1.807, 2.05) is 28.9 Å². The van der Waals surface area contributed by atoms with Crippen molar-refractivity contribution in [3.63, 3.8) is 0 Å². The van der Waals surface area contributed by atoms with Gasteiger partial charge in [-0.25, -0.2) is 4.68 Å². The minimum absolute atomic E-state index is 0.697. The minimum atomic E-state index is 0.697. The highest BCUT2D eigenvalue weighted by molar-refractivity contribution is 5.75. The summed E-state index contributed by atoms with van der Waals surface area (Å²) in [7, 11) is 0. The van der Waals surface area contributed by atoms with Gasteiger partial charge in [-0.3, -0.25) is 4.79 Å². The Labute approximate surface area is 100 Å². The molecule has 2 aromatic rings. The second kappa shape index (κ2) is 3.84. The van der Waals surface area contributed by atoms with Gasteiger partial charge >= 0.3 is 0 Å². The minimum Gasteiger partial charge on any atom is -0.298 e. The number of hydrogen-bond donors (Lipinski definition) is 0. The van der Waals surface area contributed by atoms with Crippen LogP contribution < -0.4 is 0 Å². The number of nitrogens with zero attached hydrogens (tertiary/aromatic N) is 2. The molecule has 0 spiro atoms. The molecule has 1 aliphatic rings. The third-order valence-electron chi connectivity index (χ3n) is 3.38. The van der Waals surface area contributed by atoms with Gasteiger partial charge in [-0.2, -0.15) is 5.10 Å². The van der Waals surface area contributed by atoms with Crippen molar-refractivity contribution >= 4 is 6.29 Å². The number of aryl methyl sites for hydroxylation is 1. The maximum atomic E-state index is 10.8. The second-order valence-electron chi connectivity index (χ2n) is 4.49. The van der Waals surface area contributed by atoms with Gasteiger partial charge in [-0.1, -0.05) is 12.1 Å². The Morgan fingerprint density at radius 2 is 2.24 bits per heavy atom. The number of hydrogen-bond acceptors (Lipinski definition) is 2. The molecule has 0 saturated heterocycles. The van der Waals surface area contributed by atoms with Gasteiger partial charge in [0, 0.05) is 11.3 Å². The molecular formula is C14H14N2O. The van der Waals surface area contributed by atoms with E-state index >= 15 is 0 Å². The smallest absolute Gasteiger partial charge is 0.150 e. The van der Waals surface area contributed by atoms with Crippen LogP contribution in [0.2, 0.25) is 0 Å². The SMILES string of the molecule is Cc1nn(-c2cccc(C=O)c2)c2c1CCC2. The standard InChI is InChI=1S/C14H14N2O/c1-10-13-6-3-7-14(13)16(15-10)12-5-2-4-11(8-12)9-17/h2,4-5,8-9H,3,6-7H2,1H3. The van der Waals surface area contributed by atoms with Crippen LogP contribution in [-0.2, 0) is 12.8 Å². The number of aromatic nitrogens is 2. The molecule has 1 aromatic carbocycles. The van der Waals surface area contributed by atoms with Crippen molar-refractivity contribution in [1.82, 2.24) is 9.78 Å². The zero-order valence-electron chi connectivity index (χ0n) is 9.81. The number of carbonyl (C=O) groups is 1. The molecule has 0 N–H and O–H groups in total. The summed E-state index contributed by atoms with van der Waals surface area (Å²) in [4.78, 5) is 10.8. The molecular weight excluding hydrogens is 212 g/mol. The molecule has 0 radical (unpaired) electrons. The van der Waals surface area contributed by atoms with Crippen LogP contribution in [0.3, 0.4) is 0 Å². The van der Waals surface area contributed by atoms with Crippen LogP contribution in [0.15, 0.2) is 24.3 Å². The Morgan fingerprint density at radius 1 is 1.35 bits per heavy atom. The van der Waals surface area contributed by atoms with Gasteiger partial charge < -0.3 is 0 Å². The Morgan fingerprint density at radius 3 is 3.06 bits per heavy atom. The van der Waals surface area contributed by atoms with E-state index in [0.717, 1.165) is 30.5 Å². The van der Waals surface area contributed by atoms with E-state index in [4.69, 9.17) is 0 Å². The Hall–Kier alpha value is -1.90. The molecule has 1 heterocycles. The summed E-state index contributed by atoms with van der Waals surface area (Å²) in [5.41, 5.74) is 5.50. The molecule has 3 nitrogen and oxygen atoms in total. The Kier molecular flexibility index (Phi) is 2.32. The third-order valence-corrected chi connectivity index (χ3v) is 3.38. The molecule has 0 atom stereocenters. The third kappa shape index (κ3) is 1.58. The van der Waals surface area contributed by atoms with Gasteiger partial charge in [0.05, 0.1) is 11.4 Å². The van der Waals surface area contributed by atoms with Crippen molar-refractivity contribution in [3.05, 3.63) is 46.8 Å². The zero-order valence-corrected chi connectivity index (χ0v) is 9.81. The molecule has 0 saturated carbocycles. The van der Waals surface area contributed by atoms with Crippen LogP contribution in [-0.4, -0.2) is 16.1 Å². The number of fused-ring (bicyclic) bond motifs is 1. The van der Waals surface area contributed by atoms with Gasteiger partial charge in [-0.15, -0.1) is 0 Å². The topological polar surface area (TPSA) is 34.9 Å². The summed E-state index contributed by atoms with van der Waals surface area (Å²) < 4.78 is 1.99. The van der Waals surface area contributed by atoms with E-state index in [2.05, 4.69) is 12.0 Å². The number of rotatable bonds is 2. The summed E-state index contributed by atoms with van der Waals surface area (Å²) in [5, 5.41) is 4.58. The number of carbonyl (C=O) groups excluding carboxylic acids is 1. The lowest BCUT2D eigenvalue weighted by atomic mass is 10.2. The summed E-state index contributed by atoms with van der Waals surface area (Å²) in [5.74, 6) is 0. The highest BCUT2D eigenvalue weighted by Gasteiger charge is 2.20. The Bertz CT molecular complexity index is 584. The highest BCUT2D eigenvalue weighted by atomic mass is 16.1. The van der Waals surface area contributed by atoms with Crippen molar-refractivity contribution in [3.8, 4) is 5.69 Å². The van der Waals surface area contributed by atoms with Gasteiger partial charge in [0.2, 0.25) is 0 Å². The molecule has 0 unspecified atom stereocenters. The fraction of sp³-hybridized carbons (Fsp3) is 0.286. The average molecular weight is 226 g/mol. The van der Waals surface area contributed by atoms with Crippen LogP contribution >= 0.6 is 0 Å². The van der Waals surface area contributed by atoms with Crippen molar-refractivity contribution in [2.45, 2.75) is 26.2 Å². The normalized spacial score (nSPS) is 13.7. The van der Waals surface area contributed by atoms with E-state index in [0.29, 0.717) is 5.56 Å². The predicted octanol–water partition coefficient (Wildman–Crippen LogP) is 2.48. The lowest BCUT2D eigenvalue weighted by Crippen LogP contribution is -2.01. The number of benzene rings is 1. The molecule has 3 rings (SSSR count). The lowest BCUT2D eigenvalue weighted by Gasteiger charge is -2.05. The predicted molar refractivity (Wildman–Crippen MR) is 65.7 cm³/mol. The van der Waals surface area contributed by atoms with E-state index < -0.39 is 0 Å². The molecule has 3 heteroatoms. The number of aldehydes is 1. The summed E-state index contributed by atoms with van der Waals surface area (Å²) in [6, 6.07) is 7.60. The fourth-order valence-electron chi connectivity index (χ4n) is 2.57. The molecule has 1 aliphatic carbocycles. The van der Waals surface area contributed by atoms with Gasteiger partial charge in [0.15, 0.2) is 0 Å². The summed E-state index contributed by atoms with van der Waals surface area (Å²) in [6.07, 6.45) is 4.30. The molecule has 17 heavy (non-hydrogen) atoms. The van der Waals surface area contributed by atoms with Crippen molar-refractivity contribution in [1.29, 1.82) is 0 Å². The molecule has 0 aliphatic heterocycles. The van der Waals surface area contributed by atoms with Crippen molar-refractivity contribution in [2.24, 2.45) is 0 Å². The van der Waals surface area contributed by atoms with Crippen LogP contribution in [0.1, 0.15) is 33.7 Å². The molecule has 0 fully saturated rings. The highest BCUT2D eigenvalue weighted by Crippen LogP contribution is 2.27. The zero-order chi connectivity index (χ0) is 11.8. The first-order valence-electron chi connectivity index (χ1n) is 5.92. The molecule has 0 bridgehead atoms. The van der Waals surface area contributed by atoms with E-state index in [-0.39, 0.29) is 0 Å². The van der Waals surface area contributed by atoms with Crippen LogP contribution in [0.25, 0.3) is 5.69 Å². The summed E-state index contributed by atoms with van der Waals surface area (Å²) >= 11 is 0. The van der Waals surface area contributed by atoms with E-state index in [9.17, 15) is 4.79 Å². The maximum absolute atomic E-state index is 10.8. The van der Waals surface area contributed by atoms with Crippen molar-refractivity contribution in [2.75, 3.05) is 0 Å². The quantitative estimate of drug-likeness (QED) is 0.737. The van der Waals surface area contributed by atoms with Crippen LogP contribution in [0.5, 0.6) is 0 Å². The molecule has 0 amide bonds. The van der Waals surface area contributed by atoms with E-state index in [1.165, 1.54) is 17.7 Å². The van der Waals surface area contributed by atoms with Gasteiger partial charge in [-0.05, 0) is 43.9 Å². The molecule has 86 valence electrons. The van der Waals surface area contributed by atoms with Crippen molar-refractivity contribution < 1.29 is 4.79 Å². The largest absolute Gasteiger partial charge is 0.298 e. The fourth-order valence-corrected chi connectivity index (χ4v) is 2.57. The monoisotopic (exact) mass is 226 g/mol. The second-order valence-corrected chi connectivity index (χ2v) is 4.49. The summed E-state index contributed by atoms with van der Waals surface area (Å²) in [6.45, 7) is 2.06. The van der Waals surface area contributed by atoms with Gasteiger partial charge in [0.25, 0.3) is 0 Å². The van der Waals surface area contributed by atoms with Gasteiger partial charge in [0.1, 0.15) is 6.29 Å². The molecule has 1 aromatic heterocycles. The Balaban J connectivity index is 2.15.